The summed E-state index contributed by atoms with van der Waals surface area (Å²) in [6.45, 7) is 4.88. The summed E-state index contributed by atoms with van der Waals surface area (Å²) in [6.07, 6.45) is 6.37. The van der Waals surface area contributed by atoms with E-state index in [-0.39, 0.29) is 11.8 Å². The van der Waals surface area contributed by atoms with Crippen LogP contribution in [-0.4, -0.2) is 32.0 Å². The van der Waals surface area contributed by atoms with Gasteiger partial charge in [-0.25, -0.2) is 15.0 Å². The van der Waals surface area contributed by atoms with E-state index in [1.165, 1.54) is 18.7 Å². The fourth-order valence-electron chi connectivity index (χ4n) is 4.84. The topological polar surface area (TPSA) is 84.7 Å². The Hall–Kier alpha value is -4.00. The number of nitrogens with zero attached hydrogens (tertiary/aromatic N) is 4. The second kappa shape index (κ2) is 8.34. The predicted octanol–water partition coefficient (Wildman–Crippen LogP) is 5.32. The monoisotopic (exact) mass is 464 g/mol. The number of rotatable bonds is 5. The summed E-state index contributed by atoms with van der Waals surface area (Å²) < 4.78 is 2.16. The Morgan fingerprint density at radius 2 is 1.89 bits per heavy atom. The average Bonchev–Trinajstić information content (AvgIpc) is 3.63. The van der Waals surface area contributed by atoms with Gasteiger partial charge in [0.05, 0.1) is 5.69 Å². The Morgan fingerprint density at radius 3 is 2.69 bits per heavy atom. The summed E-state index contributed by atoms with van der Waals surface area (Å²) in [6, 6.07) is 14.0. The molecule has 6 rings (SSSR count). The molecule has 176 valence electrons. The molecule has 1 aliphatic carbocycles. The molecule has 2 N–H and O–H groups in total. The number of hydrogen-bond donors (Lipinski definition) is 2. The van der Waals surface area contributed by atoms with Crippen LogP contribution < -0.4 is 10.6 Å². The van der Waals surface area contributed by atoms with E-state index in [0.717, 1.165) is 39.2 Å². The van der Waals surface area contributed by atoms with Crippen molar-refractivity contribution in [1.29, 1.82) is 0 Å². The van der Waals surface area contributed by atoms with Crippen molar-refractivity contribution in [2.45, 2.75) is 38.5 Å². The molecule has 1 amide bonds. The molecule has 7 heteroatoms. The zero-order valence-electron chi connectivity index (χ0n) is 20.2. The molecular formula is C28H28N6O. The Balaban J connectivity index is 1.26. The highest BCUT2D eigenvalue weighted by molar-refractivity contribution is 5.97. The van der Waals surface area contributed by atoms with E-state index in [0.29, 0.717) is 24.1 Å². The van der Waals surface area contributed by atoms with E-state index in [9.17, 15) is 4.79 Å². The minimum absolute atomic E-state index is 0.0118. The van der Waals surface area contributed by atoms with Gasteiger partial charge in [-0.3, -0.25) is 4.79 Å². The number of nitrogens with one attached hydrogen (secondary N) is 2. The number of fused-ring (bicyclic) bond motifs is 1. The fourth-order valence-corrected chi connectivity index (χ4v) is 4.84. The molecule has 2 aromatic carbocycles. The van der Waals surface area contributed by atoms with E-state index < -0.39 is 0 Å². The molecule has 1 fully saturated rings. The van der Waals surface area contributed by atoms with Crippen molar-refractivity contribution in [2.24, 2.45) is 7.05 Å². The summed E-state index contributed by atoms with van der Waals surface area (Å²) in [4.78, 5) is 26.3. The summed E-state index contributed by atoms with van der Waals surface area (Å²) in [5.74, 6) is 3.43. The van der Waals surface area contributed by atoms with Gasteiger partial charge in [-0.1, -0.05) is 19.1 Å². The number of aryl methyl sites for hydroxylation is 2. The second-order valence-corrected chi connectivity index (χ2v) is 9.70. The molecule has 0 saturated heterocycles. The first-order valence-electron chi connectivity index (χ1n) is 12.1. The third kappa shape index (κ3) is 4.07. The van der Waals surface area contributed by atoms with Crippen molar-refractivity contribution < 1.29 is 4.79 Å². The summed E-state index contributed by atoms with van der Waals surface area (Å²) >= 11 is 0. The van der Waals surface area contributed by atoms with Crippen molar-refractivity contribution in [3.05, 3.63) is 77.4 Å². The Labute approximate surface area is 204 Å². The van der Waals surface area contributed by atoms with Crippen molar-refractivity contribution >= 4 is 17.4 Å². The maximum atomic E-state index is 12.1. The van der Waals surface area contributed by atoms with Gasteiger partial charge < -0.3 is 15.2 Å². The molecule has 4 aromatic rings. The number of aromatic nitrogens is 4. The van der Waals surface area contributed by atoms with Crippen LogP contribution in [0.4, 0.5) is 11.5 Å². The van der Waals surface area contributed by atoms with Crippen molar-refractivity contribution in [1.82, 2.24) is 24.8 Å². The molecule has 2 aliphatic rings. The molecule has 1 atom stereocenters. The van der Waals surface area contributed by atoms with Crippen LogP contribution in [-0.2, 0) is 7.05 Å². The first-order valence-corrected chi connectivity index (χ1v) is 12.1. The van der Waals surface area contributed by atoms with Gasteiger partial charge in [0.25, 0.3) is 5.91 Å². The smallest absolute Gasteiger partial charge is 0.251 e. The zero-order valence-corrected chi connectivity index (χ0v) is 20.2. The van der Waals surface area contributed by atoms with Gasteiger partial charge in [-0.2, -0.15) is 0 Å². The molecule has 3 heterocycles. The summed E-state index contributed by atoms with van der Waals surface area (Å²) in [5, 5.41) is 6.31. The quantitative estimate of drug-likeness (QED) is 0.418. The molecule has 0 radical (unpaired) electrons. The van der Waals surface area contributed by atoms with Crippen LogP contribution in [0.1, 0.15) is 58.9 Å². The van der Waals surface area contributed by atoms with Gasteiger partial charge in [0, 0.05) is 54.3 Å². The van der Waals surface area contributed by atoms with Gasteiger partial charge >= 0.3 is 0 Å². The molecule has 0 spiro atoms. The number of amides is 1. The summed E-state index contributed by atoms with van der Waals surface area (Å²) in [7, 11) is 2.08. The van der Waals surface area contributed by atoms with E-state index in [4.69, 9.17) is 9.97 Å². The van der Waals surface area contributed by atoms with Gasteiger partial charge in [-0.15, -0.1) is 0 Å². The van der Waals surface area contributed by atoms with Crippen molar-refractivity contribution in [3.8, 4) is 22.6 Å². The average molecular weight is 465 g/mol. The number of benzene rings is 2. The molecule has 0 bridgehead atoms. The first kappa shape index (κ1) is 21.5. The standard InChI is InChI=1S/C28H28N6O/c1-16-12-19(6-8-21(16)24-15-34(3)27(32-24)18-4-5-18)26-29-11-10-25(33-26)31-20-7-9-22-23(13-20)17(2)14-30-28(22)35/h6-13,15,17-18H,4-5,14H2,1-3H3,(H,30,35)(H,29,31,33). The number of carbonyl (C=O) groups excluding carboxylic acids is 1. The van der Waals surface area contributed by atoms with Crippen molar-refractivity contribution in [3.63, 3.8) is 0 Å². The Kier molecular flexibility index (Phi) is 5.13. The van der Waals surface area contributed by atoms with E-state index >= 15 is 0 Å². The minimum atomic E-state index is -0.0118. The maximum absolute atomic E-state index is 12.1. The van der Waals surface area contributed by atoms with Crippen LogP contribution in [0.5, 0.6) is 0 Å². The van der Waals surface area contributed by atoms with Gasteiger partial charge in [-0.05, 0) is 67.1 Å². The molecule has 1 saturated carbocycles. The first-order chi connectivity index (χ1) is 17.0. The van der Waals surface area contributed by atoms with E-state index in [2.05, 4.69) is 65.5 Å². The zero-order chi connectivity index (χ0) is 24.1. The van der Waals surface area contributed by atoms with Gasteiger partial charge in [0.15, 0.2) is 5.82 Å². The van der Waals surface area contributed by atoms with Gasteiger partial charge in [0.2, 0.25) is 0 Å². The van der Waals surface area contributed by atoms with Crippen LogP contribution in [0.15, 0.2) is 54.9 Å². The molecule has 1 unspecified atom stereocenters. The van der Waals surface area contributed by atoms with Crippen molar-refractivity contribution in [2.75, 3.05) is 11.9 Å². The third-order valence-electron chi connectivity index (χ3n) is 6.94. The van der Waals surface area contributed by atoms with Crippen LogP contribution in [0.3, 0.4) is 0 Å². The highest BCUT2D eigenvalue weighted by Gasteiger charge is 2.28. The highest BCUT2D eigenvalue weighted by atomic mass is 16.1. The molecule has 2 aromatic heterocycles. The lowest BCUT2D eigenvalue weighted by Gasteiger charge is -2.23. The lowest BCUT2D eigenvalue weighted by molar-refractivity contribution is 0.0941. The lowest BCUT2D eigenvalue weighted by Crippen LogP contribution is -2.33. The SMILES string of the molecule is Cc1cc(-c2nccc(Nc3ccc4c(c3)C(C)CNC4=O)n2)ccc1-c1cn(C)c(C2CC2)n1. The fraction of sp³-hybridized carbons (Fsp3) is 0.286. The minimum Gasteiger partial charge on any atom is -0.351 e. The molecular weight excluding hydrogens is 436 g/mol. The number of hydrogen-bond acceptors (Lipinski definition) is 5. The largest absolute Gasteiger partial charge is 0.351 e. The summed E-state index contributed by atoms with van der Waals surface area (Å²) in [5.41, 5.74) is 6.96. The number of anilines is 2. The van der Waals surface area contributed by atoms with Crippen LogP contribution in [0, 0.1) is 6.92 Å². The maximum Gasteiger partial charge on any atom is 0.251 e. The van der Waals surface area contributed by atoms with E-state index in [1.54, 1.807) is 6.20 Å². The normalized spacial score (nSPS) is 17.1. The van der Waals surface area contributed by atoms with Gasteiger partial charge in [0.1, 0.15) is 11.6 Å². The third-order valence-corrected chi connectivity index (χ3v) is 6.94. The Morgan fingerprint density at radius 1 is 1.06 bits per heavy atom. The van der Waals surface area contributed by atoms with Crippen LogP contribution in [0.2, 0.25) is 0 Å². The van der Waals surface area contributed by atoms with E-state index in [1.807, 2.05) is 24.3 Å². The number of carbonyl (C=O) groups is 1. The molecule has 35 heavy (non-hydrogen) atoms. The second-order valence-electron chi connectivity index (χ2n) is 9.70. The molecule has 7 nitrogen and oxygen atoms in total. The molecule has 1 aliphatic heterocycles. The highest BCUT2D eigenvalue weighted by Crippen LogP contribution is 2.40. The van der Waals surface area contributed by atoms with Crippen LogP contribution >= 0.6 is 0 Å². The Bertz CT molecular complexity index is 1450. The predicted molar refractivity (Wildman–Crippen MR) is 137 cm³/mol. The lowest BCUT2D eigenvalue weighted by atomic mass is 9.91. The number of imidazole rings is 1. The van der Waals surface area contributed by atoms with Crippen LogP contribution in [0.25, 0.3) is 22.6 Å².